The van der Waals surface area contributed by atoms with Crippen LogP contribution in [0.3, 0.4) is 0 Å². The molecule has 1 fully saturated rings. The first kappa shape index (κ1) is 17.4. The summed E-state index contributed by atoms with van der Waals surface area (Å²) in [6.45, 7) is 1.69. The van der Waals surface area contributed by atoms with Crippen molar-refractivity contribution in [3.8, 4) is 5.75 Å². The van der Waals surface area contributed by atoms with Gasteiger partial charge in [-0.3, -0.25) is 0 Å². The van der Waals surface area contributed by atoms with E-state index in [2.05, 4.69) is 5.32 Å². The summed E-state index contributed by atoms with van der Waals surface area (Å²) in [7, 11) is 0. The molecule has 1 atom stereocenters. The molecule has 22 heavy (non-hydrogen) atoms. The van der Waals surface area contributed by atoms with Crippen LogP contribution in [0.15, 0.2) is 42.5 Å². The van der Waals surface area contributed by atoms with E-state index in [0.29, 0.717) is 16.7 Å². The smallest absolute Gasteiger partial charge is 0.142 e. The Morgan fingerprint density at radius 1 is 1.14 bits per heavy atom. The number of ether oxygens (including phenoxy) is 1. The van der Waals surface area contributed by atoms with Crippen molar-refractivity contribution in [1.82, 2.24) is 5.32 Å². The van der Waals surface area contributed by atoms with Crippen molar-refractivity contribution in [3.63, 3.8) is 0 Å². The highest BCUT2D eigenvalue weighted by atomic mass is 35.5. The van der Waals surface area contributed by atoms with Gasteiger partial charge in [-0.1, -0.05) is 35.3 Å². The molecule has 0 aliphatic carbocycles. The first-order chi connectivity index (χ1) is 10.1. The van der Waals surface area contributed by atoms with E-state index in [1.54, 1.807) is 24.3 Å². The number of benzene rings is 2. The molecule has 0 saturated carbocycles. The lowest BCUT2D eigenvalue weighted by Gasteiger charge is -2.35. The second-order valence-electron chi connectivity index (χ2n) is 5.09. The van der Waals surface area contributed by atoms with Gasteiger partial charge in [-0.2, -0.15) is 0 Å². The number of nitrogens with one attached hydrogen (secondary N) is 1. The molecule has 1 aliphatic heterocycles. The van der Waals surface area contributed by atoms with Gasteiger partial charge in [0.25, 0.3) is 0 Å². The molecule has 2 aromatic rings. The van der Waals surface area contributed by atoms with Gasteiger partial charge in [-0.15, -0.1) is 12.4 Å². The molecule has 2 aromatic carbocycles. The van der Waals surface area contributed by atoms with Crippen LogP contribution in [0.4, 0.5) is 4.39 Å². The maximum atomic E-state index is 13.7. The van der Waals surface area contributed by atoms with E-state index in [0.717, 1.165) is 18.7 Å². The topological polar surface area (TPSA) is 21.3 Å². The van der Waals surface area contributed by atoms with Gasteiger partial charge in [0.05, 0.1) is 5.02 Å². The van der Waals surface area contributed by atoms with Gasteiger partial charge in [-0.05, 0) is 35.9 Å². The maximum Gasteiger partial charge on any atom is 0.142 e. The molecule has 2 nitrogen and oxygen atoms in total. The Labute approximate surface area is 145 Å². The predicted molar refractivity (Wildman–Crippen MR) is 89.8 cm³/mol. The Morgan fingerprint density at radius 2 is 1.91 bits per heavy atom. The summed E-state index contributed by atoms with van der Waals surface area (Å²) in [6, 6.07) is 12.0. The van der Waals surface area contributed by atoms with Crippen LogP contribution >= 0.6 is 35.6 Å². The van der Waals surface area contributed by atoms with E-state index in [-0.39, 0.29) is 23.5 Å². The SMILES string of the molecule is Cl.Fc1cc(C(Oc2cccc(Cl)c2)C2CNC2)ccc1Cl. The summed E-state index contributed by atoms with van der Waals surface area (Å²) in [6.07, 6.45) is -0.225. The van der Waals surface area contributed by atoms with Crippen LogP contribution in [0.5, 0.6) is 5.75 Å². The van der Waals surface area contributed by atoms with E-state index in [4.69, 9.17) is 27.9 Å². The largest absolute Gasteiger partial charge is 0.485 e. The second kappa shape index (κ2) is 7.51. The lowest BCUT2D eigenvalue weighted by Crippen LogP contribution is -2.46. The zero-order chi connectivity index (χ0) is 14.8. The van der Waals surface area contributed by atoms with Crippen LogP contribution in [0.25, 0.3) is 0 Å². The Balaban J connectivity index is 0.00000176. The van der Waals surface area contributed by atoms with Crippen LogP contribution in [0, 0.1) is 11.7 Å². The predicted octanol–water partition coefficient (Wildman–Crippen LogP) is 4.89. The molecule has 1 aliphatic rings. The number of halogens is 4. The monoisotopic (exact) mass is 361 g/mol. The highest BCUT2D eigenvalue weighted by Gasteiger charge is 2.30. The van der Waals surface area contributed by atoms with Crippen LogP contribution in [0.2, 0.25) is 10.0 Å². The molecule has 0 amide bonds. The summed E-state index contributed by atoms with van der Waals surface area (Å²) in [5, 5.41) is 3.94. The van der Waals surface area contributed by atoms with E-state index < -0.39 is 5.82 Å². The first-order valence-corrected chi connectivity index (χ1v) is 7.47. The van der Waals surface area contributed by atoms with Gasteiger partial charge in [0.15, 0.2) is 0 Å². The molecule has 0 radical (unpaired) electrons. The van der Waals surface area contributed by atoms with Crippen molar-refractivity contribution in [2.75, 3.05) is 13.1 Å². The highest BCUT2D eigenvalue weighted by Crippen LogP contribution is 2.33. The standard InChI is InChI=1S/C16H14Cl2FNO.ClH/c17-12-2-1-3-13(7-12)21-16(11-8-20-9-11)10-4-5-14(18)15(19)6-10;/h1-7,11,16,20H,8-9H2;1H. The molecule has 1 N–H and O–H groups in total. The zero-order valence-corrected chi connectivity index (χ0v) is 13.9. The van der Waals surface area contributed by atoms with Crippen molar-refractivity contribution >= 4 is 35.6 Å². The van der Waals surface area contributed by atoms with E-state index in [1.807, 2.05) is 12.1 Å². The van der Waals surface area contributed by atoms with Crippen LogP contribution < -0.4 is 10.1 Å². The van der Waals surface area contributed by atoms with Gasteiger partial charge in [-0.25, -0.2) is 4.39 Å². The minimum atomic E-state index is -0.429. The minimum Gasteiger partial charge on any atom is -0.485 e. The van der Waals surface area contributed by atoms with Gasteiger partial charge >= 0.3 is 0 Å². The van der Waals surface area contributed by atoms with Crippen molar-refractivity contribution in [1.29, 1.82) is 0 Å². The third kappa shape index (κ3) is 3.85. The lowest BCUT2D eigenvalue weighted by atomic mass is 9.90. The van der Waals surface area contributed by atoms with Crippen molar-refractivity contribution in [2.45, 2.75) is 6.10 Å². The Morgan fingerprint density at radius 3 is 2.50 bits per heavy atom. The fraction of sp³-hybridized carbons (Fsp3) is 0.250. The summed E-state index contributed by atoms with van der Waals surface area (Å²) in [5.74, 6) is 0.542. The quantitative estimate of drug-likeness (QED) is 0.836. The molecule has 1 unspecified atom stereocenters. The van der Waals surface area contributed by atoms with Crippen molar-refractivity contribution in [3.05, 3.63) is 63.9 Å². The molecule has 0 bridgehead atoms. The molecular weight excluding hydrogens is 348 g/mol. The van der Waals surface area contributed by atoms with Gasteiger partial charge < -0.3 is 10.1 Å². The Kier molecular flexibility index (Phi) is 5.93. The lowest BCUT2D eigenvalue weighted by molar-refractivity contribution is 0.0990. The average molecular weight is 363 g/mol. The fourth-order valence-corrected chi connectivity index (χ4v) is 2.64. The van der Waals surface area contributed by atoms with E-state index >= 15 is 0 Å². The molecule has 1 heterocycles. The molecule has 1 saturated heterocycles. The summed E-state index contributed by atoms with van der Waals surface area (Å²) >= 11 is 11.7. The molecule has 0 aromatic heterocycles. The number of rotatable bonds is 4. The summed E-state index contributed by atoms with van der Waals surface area (Å²) < 4.78 is 19.7. The van der Waals surface area contributed by atoms with Gasteiger partial charge in [0, 0.05) is 24.0 Å². The van der Waals surface area contributed by atoms with Crippen molar-refractivity contribution < 1.29 is 9.13 Å². The molecule has 3 rings (SSSR count). The van der Waals surface area contributed by atoms with E-state index in [1.165, 1.54) is 6.07 Å². The molecule has 0 spiro atoms. The Bertz CT molecular complexity index is 649. The second-order valence-corrected chi connectivity index (χ2v) is 5.93. The van der Waals surface area contributed by atoms with E-state index in [9.17, 15) is 4.39 Å². The van der Waals surface area contributed by atoms with Gasteiger partial charge in [0.2, 0.25) is 0 Å². The molecule has 118 valence electrons. The van der Waals surface area contributed by atoms with Crippen LogP contribution in [-0.4, -0.2) is 13.1 Å². The number of hydrogen-bond acceptors (Lipinski definition) is 2. The summed E-state index contributed by atoms with van der Waals surface area (Å²) in [4.78, 5) is 0. The first-order valence-electron chi connectivity index (χ1n) is 6.71. The van der Waals surface area contributed by atoms with Gasteiger partial charge in [0.1, 0.15) is 17.7 Å². The normalized spacial score (nSPS) is 15.6. The number of hydrogen-bond donors (Lipinski definition) is 1. The minimum absolute atomic E-state index is 0. The highest BCUT2D eigenvalue weighted by molar-refractivity contribution is 6.31. The maximum absolute atomic E-state index is 13.7. The summed E-state index contributed by atoms with van der Waals surface area (Å²) in [5.41, 5.74) is 0.781. The average Bonchev–Trinajstić information content (AvgIpc) is 2.39. The van der Waals surface area contributed by atoms with Crippen molar-refractivity contribution in [2.24, 2.45) is 5.92 Å². The third-order valence-electron chi connectivity index (χ3n) is 3.57. The molecular formula is C16H15Cl3FNO. The fourth-order valence-electron chi connectivity index (χ4n) is 2.34. The third-order valence-corrected chi connectivity index (χ3v) is 4.11. The van der Waals surface area contributed by atoms with Crippen LogP contribution in [-0.2, 0) is 0 Å². The Hall–Kier alpha value is -1.00. The zero-order valence-electron chi connectivity index (χ0n) is 11.6. The molecule has 6 heteroatoms. The van der Waals surface area contributed by atoms with Crippen LogP contribution in [0.1, 0.15) is 11.7 Å².